The van der Waals surface area contributed by atoms with Gasteiger partial charge in [-0.2, -0.15) is 0 Å². The molecule has 0 N–H and O–H groups in total. The minimum Gasteiger partial charge on any atom is -0.311 e. The number of carbonyl (C=O) groups excluding carboxylic acids is 2. The van der Waals surface area contributed by atoms with Gasteiger partial charge in [-0.15, -0.1) is 0 Å². The normalized spacial score (nSPS) is 13.9. The van der Waals surface area contributed by atoms with Gasteiger partial charge >= 0.3 is 0 Å². The second-order valence-corrected chi connectivity index (χ2v) is 8.15. The molecule has 0 spiro atoms. The molecule has 0 bridgehead atoms. The zero-order valence-electron chi connectivity index (χ0n) is 16.7. The second kappa shape index (κ2) is 7.55. The molecule has 0 aliphatic carbocycles. The lowest BCUT2D eigenvalue weighted by molar-refractivity contribution is -0.121. The molecule has 2 amide bonds. The number of nitrogens with zero attached hydrogens (tertiary/aromatic N) is 2. The second-order valence-electron chi connectivity index (χ2n) is 8.15. The highest BCUT2D eigenvalue weighted by Gasteiger charge is 2.28. The van der Waals surface area contributed by atoms with Crippen LogP contribution in [0.3, 0.4) is 0 Å². The van der Waals surface area contributed by atoms with Gasteiger partial charge in [-0.1, -0.05) is 57.2 Å². The molecule has 0 fully saturated rings. The van der Waals surface area contributed by atoms with Crippen LogP contribution in [0.25, 0.3) is 0 Å². The quantitative estimate of drug-likeness (QED) is 0.814. The number of para-hydroxylation sites is 2. The monoisotopic (exact) mass is 364 g/mol. The fourth-order valence-electron chi connectivity index (χ4n) is 3.72. The fourth-order valence-corrected chi connectivity index (χ4v) is 3.72. The smallest absolute Gasteiger partial charge is 0.247 e. The van der Waals surface area contributed by atoms with Gasteiger partial charge in [0.15, 0.2) is 0 Å². The van der Waals surface area contributed by atoms with Gasteiger partial charge in [-0.25, -0.2) is 0 Å². The maximum atomic E-state index is 13.1. The molecule has 2 aromatic carbocycles. The van der Waals surface area contributed by atoms with E-state index in [9.17, 15) is 9.59 Å². The molecule has 0 saturated carbocycles. The Morgan fingerprint density at radius 3 is 2.41 bits per heavy atom. The van der Waals surface area contributed by atoms with Crippen LogP contribution in [-0.4, -0.2) is 24.9 Å². The number of fused-ring (bicyclic) bond motifs is 1. The average molecular weight is 364 g/mol. The van der Waals surface area contributed by atoms with Crippen LogP contribution in [0.2, 0.25) is 0 Å². The summed E-state index contributed by atoms with van der Waals surface area (Å²) in [4.78, 5) is 29.0. The van der Waals surface area contributed by atoms with Crippen molar-refractivity contribution in [2.75, 3.05) is 22.9 Å². The maximum absolute atomic E-state index is 13.1. The maximum Gasteiger partial charge on any atom is 0.247 e. The van der Waals surface area contributed by atoms with Crippen LogP contribution in [0.5, 0.6) is 0 Å². The minimum atomic E-state index is -0.120. The predicted molar refractivity (Wildman–Crippen MR) is 110 cm³/mol. The first-order valence-corrected chi connectivity index (χ1v) is 9.55. The number of anilines is 2. The third-order valence-electron chi connectivity index (χ3n) is 5.09. The Bertz CT molecular complexity index is 851. The third kappa shape index (κ3) is 4.05. The van der Waals surface area contributed by atoms with Gasteiger partial charge in [0.05, 0.1) is 0 Å². The van der Waals surface area contributed by atoms with Crippen LogP contribution < -0.4 is 9.80 Å². The lowest BCUT2D eigenvalue weighted by atomic mass is 9.85. The molecule has 0 atom stereocenters. The molecule has 0 unspecified atom stereocenters. The van der Waals surface area contributed by atoms with Crippen LogP contribution in [0, 0.1) is 0 Å². The highest BCUT2D eigenvalue weighted by molar-refractivity contribution is 6.03. The van der Waals surface area contributed by atoms with Crippen LogP contribution in [-0.2, 0) is 21.4 Å². The van der Waals surface area contributed by atoms with Gasteiger partial charge in [0.25, 0.3) is 0 Å². The van der Waals surface area contributed by atoms with Crippen molar-refractivity contribution >= 4 is 23.2 Å². The van der Waals surface area contributed by atoms with Crippen molar-refractivity contribution in [3.63, 3.8) is 0 Å². The molecule has 1 aliphatic rings. The van der Waals surface area contributed by atoms with Crippen LogP contribution >= 0.6 is 0 Å². The predicted octanol–water partition coefficient (Wildman–Crippen LogP) is 4.32. The van der Waals surface area contributed by atoms with E-state index in [-0.39, 0.29) is 23.8 Å². The van der Waals surface area contributed by atoms with E-state index in [0.29, 0.717) is 6.54 Å². The summed E-state index contributed by atoms with van der Waals surface area (Å²) in [6, 6.07) is 15.9. The molecule has 27 heavy (non-hydrogen) atoms. The summed E-state index contributed by atoms with van der Waals surface area (Å²) in [5, 5.41) is 0. The lowest BCUT2D eigenvalue weighted by Gasteiger charge is -2.33. The molecule has 3 rings (SSSR count). The number of benzene rings is 2. The van der Waals surface area contributed by atoms with Crippen molar-refractivity contribution in [3.05, 3.63) is 59.7 Å². The number of aryl methyl sites for hydroxylation is 1. The summed E-state index contributed by atoms with van der Waals surface area (Å²) in [5.41, 5.74) is 3.93. The zero-order chi connectivity index (χ0) is 19.6. The standard InChI is InChI=1S/C23H28N2O2/c1-17(26)25(21-14-8-6-12-19(21)23(2,3)4)16-22(27)24-15-9-11-18-10-5-7-13-20(18)24/h5-8,10,12-14H,9,11,15-16H2,1-4H3. The first-order valence-electron chi connectivity index (χ1n) is 9.55. The molecular weight excluding hydrogens is 336 g/mol. The Morgan fingerprint density at radius 1 is 1.04 bits per heavy atom. The molecule has 0 saturated heterocycles. The highest BCUT2D eigenvalue weighted by Crippen LogP contribution is 2.32. The summed E-state index contributed by atoms with van der Waals surface area (Å²) in [6.45, 7) is 8.63. The molecule has 4 nitrogen and oxygen atoms in total. The van der Waals surface area contributed by atoms with Crippen molar-refractivity contribution in [2.45, 2.75) is 46.0 Å². The van der Waals surface area contributed by atoms with Gasteiger partial charge in [0.2, 0.25) is 11.8 Å². The number of hydrogen-bond acceptors (Lipinski definition) is 2. The SMILES string of the molecule is CC(=O)N(CC(=O)N1CCCc2ccccc21)c1ccccc1C(C)(C)C. The topological polar surface area (TPSA) is 40.6 Å². The van der Waals surface area contributed by atoms with E-state index < -0.39 is 0 Å². The molecule has 0 aromatic heterocycles. The van der Waals surface area contributed by atoms with Gasteiger partial charge in [-0.3, -0.25) is 9.59 Å². The Morgan fingerprint density at radius 2 is 1.70 bits per heavy atom. The van der Waals surface area contributed by atoms with E-state index in [1.54, 1.807) is 4.90 Å². The van der Waals surface area contributed by atoms with E-state index in [2.05, 4.69) is 26.8 Å². The number of amides is 2. The van der Waals surface area contributed by atoms with Gasteiger partial charge in [0.1, 0.15) is 6.54 Å². The van der Waals surface area contributed by atoms with Gasteiger partial charge in [0, 0.05) is 24.8 Å². The molecule has 2 aromatic rings. The molecule has 1 heterocycles. The summed E-state index contributed by atoms with van der Waals surface area (Å²) in [5.74, 6) is -0.161. The fraction of sp³-hybridized carbons (Fsp3) is 0.391. The number of hydrogen-bond donors (Lipinski definition) is 0. The van der Waals surface area contributed by atoms with E-state index in [1.807, 2.05) is 47.4 Å². The lowest BCUT2D eigenvalue weighted by Crippen LogP contribution is -2.45. The molecular formula is C23H28N2O2. The van der Waals surface area contributed by atoms with Crippen LogP contribution in [0.4, 0.5) is 11.4 Å². The molecule has 4 heteroatoms. The summed E-state index contributed by atoms with van der Waals surface area (Å²) >= 11 is 0. The summed E-state index contributed by atoms with van der Waals surface area (Å²) in [6.07, 6.45) is 1.94. The van der Waals surface area contributed by atoms with Gasteiger partial charge < -0.3 is 9.80 Å². The van der Waals surface area contributed by atoms with Crippen molar-refractivity contribution in [1.29, 1.82) is 0 Å². The summed E-state index contributed by atoms with van der Waals surface area (Å²) in [7, 11) is 0. The average Bonchev–Trinajstić information content (AvgIpc) is 2.64. The third-order valence-corrected chi connectivity index (χ3v) is 5.09. The van der Waals surface area contributed by atoms with E-state index in [0.717, 1.165) is 29.8 Å². The Labute approximate surface area is 161 Å². The molecule has 142 valence electrons. The van der Waals surface area contributed by atoms with E-state index in [1.165, 1.54) is 12.5 Å². The van der Waals surface area contributed by atoms with E-state index >= 15 is 0 Å². The zero-order valence-corrected chi connectivity index (χ0v) is 16.7. The van der Waals surface area contributed by atoms with Crippen LogP contribution in [0.1, 0.15) is 45.2 Å². The van der Waals surface area contributed by atoms with Gasteiger partial charge in [-0.05, 0) is 41.5 Å². The Balaban J connectivity index is 1.91. The van der Waals surface area contributed by atoms with E-state index in [4.69, 9.17) is 0 Å². The van der Waals surface area contributed by atoms with Crippen molar-refractivity contribution in [2.24, 2.45) is 0 Å². The first-order chi connectivity index (χ1) is 12.8. The Hall–Kier alpha value is -2.62. The molecule has 0 radical (unpaired) electrons. The van der Waals surface area contributed by atoms with Crippen LogP contribution in [0.15, 0.2) is 48.5 Å². The van der Waals surface area contributed by atoms with Crippen molar-refractivity contribution in [1.82, 2.24) is 0 Å². The largest absolute Gasteiger partial charge is 0.311 e. The Kier molecular flexibility index (Phi) is 5.36. The minimum absolute atomic E-state index is 0.0407. The molecule has 1 aliphatic heterocycles. The first kappa shape index (κ1) is 19.2. The van der Waals surface area contributed by atoms with Crippen molar-refractivity contribution < 1.29 is 9.59 Å². The highest BCUT2D eigenvalue weighted by atomic mass is 16.2. The van der Waals surface area contributed by atoms with Crippen molar-refractivity contribution in [3.8, 4) is 0 Å². The summed E-state index contributed by atoms with van der Waals surface area (Å²) < 4.78 is 0. The number of rotatable bonds is 3. The number of carbonyl (C=O) groups is 2.